The Hall–Kier alpha value is -4.50. The molecule has 2 bridgehead atoms. The molecule has 4 atom stereocenters. The number of hydrogen-bond donors (Lipinski definition) is 0. The van der Waals surface area contributed by atoms with E-state index < -0.39 is 10.9 Å². The van der Waals surface area contributed by atoms with Crippen molar-refractivity contribution in [3.05, 3.63) is 105 Å². The second-order valence-corrected chi connectivity index (χ2v) is 10.2. The molecule has 10 heteroatoms. The van der Waals surface area contributed by atoms with E-state index >= 15 is 0 Å². The van der Waals surface area contributed by atoms with Crippen LogP contribution in [0.1, 0.15) is 22.3 Å². The van der Waals surface area contributed by atoms with Crippen LogP contribution < -0.4 is 9.64 Å². The molecular formula is C29H21ClN2O7. The fraction of sp³-hybridized carbons (Fsp3) is 0.207. The minimum Gasteiger partial charge on any atom is -0.457 e. The molecule has 1 saturated carbocycles. The Bertz CT molecular complexity index is 1500. The summed E-state index contributed by atoms with van der Waals surface area (Å²) >= 11 is 6.07. The number of esters is 1. The van der Waals surface area contributed by atoms with Crippen LogP contribution in [0.4, 0.5) is 11.4 Å². The first kappa shape index (κ1) is 24.8. The van der Waals surface area contributed by atoms with Crippen molar-refractivity contribution in [1.29, 1.82) is 0 Å². The average molecular weight is 545 g/mol. The molecule has 6 rings (SSSR count). The quantitative estimate of drug-likeness (QED) is 0.123. The van der Waals surface area contributed by atoms with E-state index in [0.29, 0.717) is 22.6 Å². The smallest absolute Gasteiger partial charge is 0.338 e. The number of nitrogens with zero attached hydrogens (tertiary/aromatic N) is 2. The van der Waals surface area contributed by atoms with Gasteiger partial charge in [-0.3, -0.25) is 24.6 Å². The molecule has 1 aliphatic heterocycles. The zero-order valence-corrected chi connectivity index (χ0v) is 21.1. The van der Waals surface area contributed by atoms with Gasteiger partial charge in [0.2, 0.25) is 11.8 Å². The number of anilines is 1. The van der Waals surface area contributed by atoms with Gasteiger partial charge in [0.05, 0.1) is 33.0 Å². The van der Waals surface area contributed by atoms with Crippen LogP contribution in [-0.2, 0) is 20.9 Å². The van der Waals surface area contributed by atoms with E-state index in [1.165, 1.54) is 23.1 Å². The predicted molar refractivity (Wildman–Crippen MR) is 140 cm³/mol. The molecule has 2 amide bonds. The Balaban J connectivity index is 1.05. The molecule has 1 saturated heterocycles. The van der Waals surface area contributed by atoms with Crippen molar-refractivity contribution in [2.45, 2.75) is 13.0 Å². The molecule has 3 aromatic carbocycles. The highest BCUT2D eigenvalue weighted by atomic mass is 35.5. The maximum atomic E-state index is 13.0. The van der Waals surface area contributed by atoms with Crippen LogP contribution in [0.3, 0.4) is 0 Å². The van der Waals surface area contributed by atoms with Crippen LogP contribution in [0.5, 0.6) is 11.5 Å². The van der Waals surface area contributed by atoms with E-state index in [2.05, 4.69) is 12.2 Å². The molecule has 3 aromatic rings. The van der Waals surface area contributed by atoms with Gasteiger partial charge >= 0.3 is 5.97 Å². The van der Waals surface area contributed by atoms with Crippen molar-refractivity contribution in [3.8, 4) is 11.5 Å². The van der Waals surface area contributed by atoms with Crippen LogP contribution in [0.25, 0.3) is 0 Å². The van der Waals surface area contributed by atoms with Gasteiger partial charge in [0.1, 0.15) is 18.1 Å². The van der Waals surface area contributed by atoms with E-state index in [-0.39, 0.29) is 58.6 Å². The molecule has 2 fully saturated rings. The summed E-state index contributed by atoms with van der Waals surface area (Å²) < 4.78 is 11.1. The fourth-order valence-electron chi connectivity index (χ4n) is 5.60. The summed E-state index contributed by atoms with van der Waals surface area (Å²) in [6.45, 7) is 0.0153. The number of non-ortho nitro benzene ring substituents is 1. The van der Waals surface area contributed by atoms with Crippen molar-refractivity contribution >= 4 is 40.8 Å². The van der Waals surface area contributed by atoms with Gasteiger partial charge in [0, 0.05) is 12.1 Å². The highest BCUT2D eigenvalue weighted by molar-refractivity contribution is 6.32. The Morgan fingerprint density at radius 1 is 0.949 bits per heavy atom. The Kier molecular flexibility index (Phi) is 6.15. The Morgan fingerprint density at radius 2 is 1.59 bits per heavy atom. The molecule has 0 N–H and O–H groups in total. The number of ether oxygens (including phenoxy) is 2. The van der Waals surface area contributed by atoms with Gasteiger partial charge in [-0.15, -0.1) is 0 Å². The maximum absolute atomic E-state index is 13.0. The Morgan fingerprint density at radius 3 is 2.18 bits per heavy atom. The minimum atomic E-state index is -0.544. The lowest BCUT2D eigenvalue weighted by Gasteiger charge is -2.17. The fourth-order valence-corrected chi connectivity index (χ4v) is 5.82. The van der Waals surface area contributed by atoms with Crippen molar-refractivity contribution in [3.63, 3.8) is 0 Å². The summed E-state index contributed by atoms with van der Waals surface area (Å²) in [5.41, 5.74) is 1.33. The number of nitro groups is 1. The van der Waals surface area contributed by atoms with Crippen LogP contribution >= 0.6 is 11.6 Å². The molecule has 9 nitrogen and oxygen atoms in total. The number of imide groups is 1. The van der Waals surface area contributed by atoms with Crippen LogP contribution in [-0.4, -0.2) is 22.7 Å². The van der Waals surface area contributed by atoms with E-state index in [0.717, 1.165) is 6.42 Å². The van der Waals surface area contributed by atoms with Crippen molar-refractivity contribution in [2.75, 3.05) is 4.90 Å². The summed E-state index contributed by atoms with van der Waals surface area (Å²) in [6.07, 6.45) is 4.97. The summed E-state index contributed by atoms with van der Waals surface area (Å²) in [7, 11) is 0. The molecule has 2 aliphatic carbocycles. The molecule has 39 heavy (non-hydrogen) atoms. The first-order valence-corrected chi connectivity index (χ1v) is 12.7. The number of carbonyl (C=O) groups excluding carboxylic acids is 3. The zero-order chi connectivity index (χ0) is 27.3. The monoisotopic (exact) mass is 544 g/mol. The van der Waals surface area contributed by atoms with Gasteiger partial charge in [-0.05, 0) is 66.3 Å². The largest absolute Gasteiger partial charge is 0.457 e. The topological polar surface area (TPSA) is 116 Å². The van der Waals surface area contributed by atoms with E-state index in [1.54, 1.807) is 48.5 Å². The normalized spacial score (nSPS) is 22.7. The lowest BCUT2D eigenvalue weighted by molar-refractivity contribution is -0.384. The first-order chi connectivity index (χ1) is 18.8. The molecule has 0 unspecified atom stereocenters. The number of fused-ring (bicyclic) bond motifs is 5. The van der Waals surface area contributed by atoms with E-state index in [9.17, 15) is 24.5 Å². The van der Waals surface area contributed by atoms with Crippen LogP contribution in [0.15, 0.2) is 78.9 Å². The molecule has 196 valence electrons. The van der Waals surface area contributed by atoms with Crippen LogP contribution in [0, 0.1) is 33.8 Å². The summed E-state index contributed by atoms with van der Waals surface area (Å²) in [5.74, 6) is -0.434. The van der Waals surface area contributed by atoms with Gasteiger partial charge < -0.3 is 9.47 Å². The van der Waals surface area contributed by atoms with Gasteiger partial charge in [0.15, 0.2) is 0 Å². The molecule has 0 radical (unpaired) electrons. The van der Waals surface area contributed by atoms with E-state index in [1.807, 2.05) is 0 Å². The molecule has 3 aliphatic rings. The lowest BCUT2D eigenvalue weighted by Crippen LogP contribution is -2.32. The highest BCUT2D eigenvalue weighted by Crippen LogP contribution is 2.53. The number of allylic oxidation sites excluding steroid dienone is 2. The van der Waals surface area contributed by atoms with Gasteiger partial charge in [-0.2, -0.15) is 0 Å². The number of halogens is 1. The predicted octanol–water partition coefficient (Wildman–Crippen LogP) is 5.71. The van der Waals surface area contributed by atoms with Gasteiger partial charge in [-0.1, -0.05) is 35.9 Å². The molecule has 0 spiro atoms. The van der Waals surface area contributed by atoms with Crippen molar-refractivity contribution in [1.82, 2.24) is 0 Å². The number of nitro benzene ring substituents is 1. The minimum absolute atomic E-state index is 0.0153. The average Bonchev–Trinajstić information content (AvgIpc) is 3.62. The zero-order valence-electron chi connectivity index (χ0n) is 20.4. The van der Waals surface area contributed by atoms with Gasteiger partial charge in [-0.25, -0.2) is 4.79 Å². The number of hydrogen-bond acceptors (Lipinski definition) is 7. The second kappa shape index (κ2) is 9.67. The number of benzene rings is 3. The molecule has 0 aromatic heterocycles. The number of carbonyl (C=O) groups is 3. The third-order valence-electron chi connectivity index (χ3n) is 7.48. The third-order valence-corrected chi connectivity index (χ3v) is 7.77. The third kappa shape index (κ3) is 4.44. The van der Waals surface area contributed by atoms with Crippen molar-refractivity contribution < 1.29 is 28.8 Å². The van der Waals surface area contributed by atoms with Gasteiger partial charge in [0.25, 0.3) is 5.69 Å². The Labute approximate surface area is 227 Å². The van der Waals surface area contributed by atoms with Crippen LogP contribution in [0.2, 0.25) is 5.02 Å². The second-order valence-electron chi connectivity index (χ2n) is 9.75. The van der Waals surface area contributed by atoms with E-state index in [4.69, 9.17) is 21.1 Å². The summed E-state index contributed by atoms with van der Waals surface area (Å²) in [4.78, 5) is 50.1. The highest BCUT2D eigenvalue weighted by Gasteiger charge is 2.59. The summed E-state index contributed by atoms with van der Waals surface area (Å²) in [6, 6.07) is 17.0. The molecular weight excluding hydrogens is 524 g/mol. The lowest BCUT2D eigenvalue weighted by atomic mass is 9.85. The summed E-state index contributed by atoms with van der Waals surface area (Å²) in [5, 5.41) is 11.0. The molecule has 1 heterocycles. The SMILES string of the molecule is O=C(OCc1ccc(Oc2ccc([N+](=O)[O-])cc2Cl)cc1)c1ccc(N2C(=O)[C@@H]3[C@H](C2=O)[C@@H]2C=C[C@H]3C2)cc1. The standard InChI is InChI=1S/C29H21ClN2O7/c30-23-14-21(32(36)37)9-12-24(23)39-22-10-1-16(2-11-22)15-38-29(35)17-5-7-20(8-6-17)31-27(33)25-18-3-4-19(13-18)26(25)28(31)34/h1-12,14,18-19,25-26H,13,15H2/t18-,19+,25-,26+. The first-order valence-electron chi connectivity index (χ1n) is 12.3. The number of rotatable bonds is 7. The maximum Gasteiger partial charge on any atom is 0.338 e. The number of amides is 2. The van der Waals surface area contributed by atoms with Crippen molar-refractivity contribution in [2.24, 2.45) is 23.7 Å².